The van der Waals surface area contributed by atoms with E-state index in [0.717, 1.165) is 25.6 Å². The van der Waals surface area contributed by atoms with Crippen LogP contribution in [-0.2, 0) is 9.53 Å². The fourth-order valence-electron chi connectivity index (χ4n) is 3.54. The predicted octanol–water partition coefficient (Wildman–Crippen LogP) is 0.696. The van der Waals surface area contributed by atoms with Crippen molar-refractivity contribution < 1.29 is 9.53 Å². The van der Waals surface area contributed by atoms with Gasteiger partial charge in [0.05, 0.1) is 7.11 Å². The molecular weight excluding hydrogens is 254 g/mol. The van der Waals surface area contributed by atoms with Gasteiger partial charge in [0.25, 0.3) is 0 Å². The molecule has 2 heterocycles. The summed E-state index contributed by atoms with van der Waals surface area (Å²) in [7, 11) is 3.28. The molecule has 5 heteroatoms. The van der Waals surface area contributed by atoms with Gasteiger partial charge in [0.1, 0.15) is 6.04 Å². The molecule has 0 aliphatic carbocycles. The lowest BCUT2D eigenvalue weighted by Gasteiger charge is -2.47. The minimum atomic E-state index is -0.184. The van der Waals surface area contributed by atoms with E-state index in [4.69, 9.17) is 4.74 Å². The minimum Gasteiger partial charge on any atom is -0.468 e. The Hall–Kier alpha value is -0.650. The Bertz CT molecular complexity index is 324. The van der Waals surface area contributed by atoms with Crippen LogP contribution in [0.4, 0.5) is 0 Å². The van der Waals surface area contributed by atoms with Gasteiger partial charge in [-0.2, -0.15) is 0 Å². The number of piperidine rings is 1. The van der Waals surface area contributed by atoms with Crippen molar-refractivity contribution in [1.29, 1.82) is 0 Å². The number of nitrogens with zero attached hydrogens (tertiary/aromatic N) is 2. The van der Waals surface area contributed by atoms with Crippen LogP contribution in [0.25, 0.3) is 0 Å². The largest absolute Gasteiger partial charge is 0.468 e. The molecular formula is C15H29N3O2. The molecule has 2 rings (SSSR count). The van der Waals surface area contributed by atoms with Gasteiger partial charge in [-0.25, -0.2) is 0 Å². The Balaban J connectivity index is 1.84. The Morgan fingerprint density at radius 2 is 2.20 bits per heavy atom. The SMILES string of the molecule is CNC(CCN1CC2CCCCN2CC1C)C(=O)OC. The summed E-state index contributed by atoms with van der Waals surface area (Å²) in [6, 6.07) is 1.13. The van der Waals surface area contributed by atoms with E-state index < -0.39 is 0 Å². The monoisotopic (exact) mass is 283 g/mol. The molecule has 5 nitrogen and oxygen atoms in total. The van der Waals surface area contributed by atoms with Gasteiger partial charge in [0.2, 0.25) is 0 Å². The summed E-state index contributed by atoms with van der Waals surface area (Å²) >= 11 is 0. The molecule has 0 radical (unpaired) electrons. The lowest BCUT2D eigenvalue weighted by atomic mass is 9.97. The van der Waals surface area contributed by atoms with E-state index in [9.17, 15) is 4.79 Å². The van der Waals surface area contributed by atoms with Crippen LogP contribution in [0, 0.1) is 0 Å². The van der Waals surface area contributed by atoms with Gasteiger partial charge in [-0.05, 0) is 39.8 Å². The Morgan fingerprint density at radius 1 is 1.40 bits per heavy atom. The Labute approximate surface area is 122 Å². The van der Waals surface area contributed by atoms with E-state index in [1.54, 1.807) is 0 Å². The summed E-state index contributed by atoms with van der Waals surface area (Å²) in [5, 5.41) is 3.05. The average molecular weight is 283 g/mol. The van der Waals surface area contributed by atoms with Crippen LogP contribution < -0.4 is 5.32 Å². The maximum Gasteiger partial charge on any atom is 0.322 e. The highest BCUT2D eigenvalue weighted by Crippen LogP contribution is 2.24. The molecule has 0 aromatic rings. The number of hydrogen-bond donors (Lipinski definition) is 1. The molecule has 3 unspecified atom stereocenters. The van der Waals surface area contributed by atoms with Crippen molar-refractivity contribution in [2.75, 3.05) is 40.3 Å². The third-order valence-electron chi connectivity index (χ3n) is 4.86. The highest BCUT2D eigenvalue weighted by Gasteiger charge is 2.33. The standard InChI is InChI=1S/C15H29N3O2/c1-12-10-18-8-5-4-6-13(18)11-17(12)9-7-14(16-2)15(19)20-3/h12-14,16H,4-11H2,1-3H3. The number of piperazine rings is 1. The second kappa shape index (κ2) is 7.38. The number of carbonyl (C=O) groups excluding carboxylic acids is 1. The topological polar surface area (TPSA) is 44.8 Å². The number of carbonyl (C=O) groups is 1. The van der Waals surface area contributed by atoms with E-state index in [2.05, 4.69) is 22.0 Å². The first-order chi connectivity index (χ1) is 9.65. The molecule has 2 fully saturated rings. The van der Waals surface area contributed by atoms with Gasteiger partial charge in [0.15, 0.2) is 0 Å². The number of hydrogen-bond acceptors (Lipinski definition) is 5. The van der Waals surface area contributed by atoms with Crippen molar-refractivity contribution in [2.45, 2.75) is 50.7 Å². The molecule has 0 saturated carbocycles. The second-order valence-electron chi connectivity index (χ2n) is 6.14. The molecule has 2 aliphatic rings. The number of likely N-dealkylation sites (N-methyl/N-ethyl adjacent to an activating group) is 1. The number of ether oxygens (including phenoxy) is 1. The van der Waals surface area contributed by atoms with Gasteiger partial charge < -0.3 is 10.1 Å². The van der Waals surface area contributed by atoms with Crippen LogP contribution >= 0.6 is 0 Å². The fourth-order valence-corrected chi connectivity index (χ4v) is 3.54. The van der Waals surface area contributed by atoms with Gasteiger partial charge in [-0.3, -0.25) is 14.6 Å². The number of fused-ring (bicyclic) bond motifs is 1. The van der Waals surface area contributed by atoms with Crippen molar-refractivity contribution in [1.82, 2.24) is 15.1 Å². The smallest absolute Gasteiger partial charge is 0.322 e. The lowest BCUT2D eigenvalue weighted by molar-refractivity contribution is -0.143. The molecule has 0 bridgehead atoms. The highest BCUT2D eigenvalue weighted by molar-refractivity contribution is 5.75. The van der Waals surface area contributed by atoms with Crippen LogP contribution in [0.1, 0.15) is 32.6 Å². The molecule has 2 saturated heterocycles. The molecule has 20 heavy (non-hydrogen) atoms. The van der Waals surface area contributed by atoms with Crippen LogP contribution in [-0.4, -0.2) is 74.2 Å². The number of methoxy groups -OCH3 is 1. The van der Waals surface area contributed by atoms with Crippen LogP contribution in [0.2, 0.25) is 0 Å². The van der Waals surface area contributed by atoms with E-state index in [-0.39, 0.29) is 12.0 Å². The van der Waals surface area contributed by atoms with E-state index in [0.29, 0.717) is 6.04 Å². The number of esters is 1. The first-order valence-corrected chi connectivity index (χ1v) is 7.89. The quantitative estimate of drug-likeness (QED) is 0.752. The summed E-state index contributed by atoms with van der Waals surface area (Å²) in [5.74, 6) is -0.156. The molecule has 2 aliphatic heterocycles. The average Bonchev–Trinajstić information content (AvgIpc) is 2.47. The van der Waals surface area contributed by atoms with Crippen molar-refractivity contribution in [2.24, 2.45) is 0 Å². The zero-order valence-electron chi connectivity index (χ0n) is 13.1. The molecule has 3 atom stereocenters. The fraction of sp³-hybridized carbons (Fsp3) is 0.933. The van der Waals surface area contributed by atoms with Crippen LogP contribution in [0.15, 0.2) is 0 Å². The Morgan fingerprint density at radius 3 is 2.90 bits per heavy atom. The summed E-state index contributed by atoms with van der Waals surface area (Å²) in [5.41, 5.74) is 0. The van der Waals surface area contributed by atoms with Gasteiger partial charge >= 0.3 is 5.97 Å². The van der Waals surface area contributed by atoms with Gasteiger partial charge in [-0.15, -0.1) is 0 Å². The molecule has 0 amide bonds. The zero-order chi connectivity index (χ0) is 14.5. The normalized spacial score (nSPS) is 29.8. The van der Waals surface area contributed by atoms with Crippen molar-refractivity contribution in [3.63, 3.8) is 0 Å². The summed E-state index contributed by atoms with van der Waals surface area (Å²) in [6.07, 6.45) is 4.87. The molecule has 0 aromatic heterocycles. The van der Waals surface area contributed by atoms with E-state index in [1.165, 1.54) is 39.5 Å². The third kappa shape index (κ3) is 3.71. The van der Waals surface area contributed by atoms with E-state index in [1.807, 2.05) is 7.05 Å². The molecule has 0 spiro atoms. The maximum absolute atomic E-state index is 11.6. The van der Waals surface area contributed by atoms with Gasteiger partial charge in [-0.1, -0.05) is 6.42 Å². The first kappa shape index (κ1) is 15.7. The first-order valence-electron chi connectivity index (χ1n) is 7.89. The van der Waals surface area contributed by atoms with Crippen LogP contribution in [0.5, 0.6) is 0 Å². The number of rotatable bonds is 5. The summed E-state index contributed by atoms with van der Waals surface area (Å²) < 4.78 is 4.83. The van der Waals surface area contributed by atoms with Crippen molar-refractivity contribution >= 4 is 5.97 Å². The molecule has 116 valence electrons. The maximum atomic E-state index is 11.6. The van der Waals surface area contributed by atoms with Crippen molar-refractivity contribution in [3.8, 4) is 0 Å². The lowest BCUT2D eigenvalue weighted by Crippen LogP contribution is -2.59. The Kier molecular flexibility index (Phi) is 5.81. The third-order valence-corrected chi connectivity index (χ3v) is 4.86. The number of nitrogens with one attached hydrogen (secondary N) is 1. The molecule has 0 aromatic carbocycles. The van der Waals surface area contributed by atoms with E-state index >= 15 is 0 Å². The summed E-state index contributed by atoms with van der Waals surface area (Å²) in [4.78, 5) is 16.8. The molecule has 1 N–H and O–H groups in total. The highest BCUT2D eigenvalue weighted by atomic mass is 16.5. The summed E-state index contributed by atoms with van der Waals surface area (Å²) in [6.45, 7) is 6.86. The minimum absolute atomic E-state index is 0.156. The second-order valence-corrected chi connectivity index (χ2v) is 6.14. The van der Waals surface area contributed by atoms with Crippen LogP contribution in [0.3, 0.4) is 0 Å². The van der Waals surface area contributed by atoms with Gasteiger partial charge in [0, 0.05) is 31.7 Å². The zero-order valence-corrected chi connectivity index (χ0v) is 13.1. The van der Waals surface area contributed by atoms with Crippen molar-refractivity contribution in [3.05, 3.63) is 0 Å². The predicted molar refractivity (Wildman–Crippen MR) is 79.7 cm³/mol.